The van der Waals surface area contributed by atoms with Crippen molar-refractivity contribution in [2.45, 2.75) is 31.5 Å². The van der Waals surface area contributed by atoms with Crippen LogP contribution in [0.2, 0.25) is 0 Å². The lowest BCUT2D eigenvalue weighted by Gasteiger charge is -2.35. The first-order valence-corrected chi connectivity index (χ1v) is 10.0. The molecule has 1 saturated heterocycles. The largest absolute Gasteiger partial charge is 0.383 e. The van der Waals surface area contributed by atoms with Crippen LogP contribution in [0.5, 0.6) is 0 Å². The molecule has 2 atom stereocenters. The highest BCUT2D eigenvalue weighted by Gasteiger charge is 2.36. The number of aromatic nitrogens is 2. The minimum atomic E-state index is -0.883. The van der Waals surface area contributed by atoms with E-state index in [1.54, 1.807) is 4.68 Å². The molecule has 1 aromatic carbocycles. The van der Waals surface area contributed by atoms with Crippen LogP contribution >= 0.6 is 0 Å². The van der Waals surface area contributed by atoms with E-state index in [0.29, 0.717) is 19.7 Å². The van der Waals surface area contributed by atoms with Gasteiger partial charge in [0.15, 0.2) is 5.96 Å². The summed E-state index contributed by atoms with van der Waals surface area (Å²) >= 11 is 0. The lowest BCUT2D eigenvalue weighted by molar-refractivity contribution is -0.00841. The Morgan fingerprint density at radius 2 is 2.29 bits per heavy atom. The number of aliphatic imine (C=N–C) groups is 1. The summed E-state index contributed by atoms with van der Waals surface area (Å²) in [5.74, 6) is 0.831. The first-order valence-electron chi connectivity index (χ1n) is 10.0. The first-order chi connectivity index (χ1) is 13.6. The number of ether oxygens (including phenoxy) is 1. The van der Waals surface area contributed by atoms with Crippen LogP contribution in [0.15, 0.2) is 41.7 Å². The van der Waals surface area contributed by atoms with E-state index in [4.69, 9.17) is 9.73 Å². The Morgan fingerprint density at radius 3 is 3.07 bits per heavy atom. The van der Waals surface area contributed by atoms with Crippen LogP contribution in [-0.2, 0) is 23.8 Å². The average molecular weight is 383 g/mol. The number of fused-ring (bicyclic) bond motifs is 1. The normalized spacial score (nSPS) is 25.0. The summed E-state index contributed by atoms with van der Waals surface area (Å²) in [6.07, 6.45) is 5.45. The molecule has 2 N–H and O–H groups in total. The fourth-order valence-electron chi connectivity index (χ4n) is 4.11. The number of guanidine groups is 1. The van der Waals surface area contributed by atoms with Crippen molar-refractivity contribution in [3.8, 4) is 0 Å². The van der Waals surface area contributed by atoms with Gasteiger partial charge in [-0.1, -0.05) is 24.3 Å². The Balaban J connectivity index is 1.50. The number of morpholine rings is 1. The molecule has 7 nitrogen and oxygen atoms in total. The summed E-state index contributed by atoms with van der Waals surface area (Å²) in [6, 6.07) is 8.15. The third-order valence-electron chi connectivity index (χ3n) is 5.61. The van der Waals surface area contributed by atoms with Crippen LogP contribution < -0.4 is 5.32 Å². The van der Waals surface area contributed by atoms with Crippen LogP contribution in [0.25, 0.3) is 0 Å². The lowest BCUT2D eigenvalue weighted by Crippen LogP contribution is -2.48. The summed E-state index contributed by atoms with van der Waals surface area (Å²) in [6.45, 7) is 5.33. The van der Waals surface area contributed by atoms with Crippen molar-refractivity contribution in [3.63, 3.8) is 0 Å². The predicted molar refractivity (Wildman–Crippen MR) is 108 cm³/mol. The number of nitrogens with one attached hydrogen (secondary N) is 1. The average Bonchev–Trinajstić information content (AvgIpc) is 3.30. The maximum absolute atomic E-state index is 11.2. The number of benzene rings is 1. The van der Waals surface area contributed by atoms with Gasteiger partial charge in [0.05, 0.1) is 25.9 Å². The highest BCUT2D eigenvalue weighted by molar-refractivity contribution is 5.80. The molecular formula is C21H29N5O2. The molecule has 2 aliphatic rings. The SMILES string of the molecule is CCNC(=NCC1(O)CCc2ccccc21)N1CCOC(c2cnn(C)c2)C1. The van der Waals surface area contributed by atoms with Crippen molar-refractivity contribution in [2.24, 2.45) is 12.0 Å². The van der Waals surface area contributed by atoms with E-state index >= 15 is 0 Å². The molecule has 2 unspecified atom stereocenters. The minimum absolute atomic E-state index is 0.0263. The molecule has 2 aromatic rings. The summed E-state index contributed by atoms with van der Waals surface area (Å²) in [5, 5.41) is 18.8. The zero-order valence-electron chi connectivity index (χ0n) is 16.6. The number of hydrogen-bond donors (Lipinski definition) is 2. The van der Waals surface area contributed by atoms with E-state index in [2.05, 4.69) is 28.3 Å². The summed E-state index contributed by atoms with van der Waals surface area (Å²) in [4.78, 5) is 7.05. The number of aliphatic hydroxyl groups is 1. The Labute approximate surface area is 166 Å². The molecule has 1 aliphatic heterocycles. The van der Waals surface area contributed by atoms with E-state index in [0.717, 1.165) is 43.0 Å². The Hall–Kier alpha value is -2.38. The standard InChI is InChI=1S/C21H29N5O2/c1-3-22-20(23-15-21(27)9-8-16-6-4-5-7-18(16)21)26-10-11-28-19(14-26)17-12-24-25(2)13-17/h4-7,12-13,19,27H,3,8-11,14-15H2,1-2H3,(H,22,23). The van der Waals surface area contributed by atoms with Gasteiger partial charge in [-0.2, -0.15) is 5.10 Å². The highest BCUT2D eigenvalue weighted by Crippen LogP contribution is 2.37. The van der Waals surface area contributed by atoms with Crippen molar-refractivity contribution in [2.75, 3.05) is 32.8 Å². The topological polar surface area (TPSA) is 74.9 Å². The quantitative estimate of drug-likeness (QED) is 0.620. The third kappa shape index (κ3) is 3.77. The molecule has 28 heavy (non-hydrogen) atoms. The van der Waals surface area contributed by atoms with Gasteiger partial charge in [0.1, 0.15) is 11.7 Å². The maximum Gasteiger partial charge on any atom is 0.194 e. The molecule has 0 spiro atoms. The van der Waals surface area contributed by atoms with Gasteiger partial charge in [-0.25, -0.2) is 4.99 Å². The lowest BCUT2D eigenvalue weighted by atomic mass is 9.96. The summed E-state index contributed by atoms with van der Waals surface area (Å²) in [5.41, 5.74) is 2.44. The Morgan fingerprint density at radius 1 is 1.43 bits per heavy atom. The van der Waals surface area contributed by atoms with Crippen molar-refractivity contribution < 1.29 is 9.84 Å². The molecule has 0 bridgehead atoms. The van der Waals surface area contributed by atoms with E-state index < -0.39 is 5.60 Å². The number of rotatable bonds is 4. The molecule has 0 radical (unpaired) electrons. The number of nitrogens with zero attached hydrogens (tertiary/aromatic N) is 4. The second-order valence-corrected chi connectivity index (χ2v) is 7.61. The molecule has 150 valence electrons. The molecule has 0 saturated carbocycles. The second kappa shape index (κ2) is 7.93. The van der Waals surface area contributed by atoms with E-state index in [-0.39, 0.29) is 6.10 Å². The van der Waals surface area contributed by atoms with Crippen LogP contribution in [0.4, 0.5) is 0 Å². The Kier molecular flexibility index (Phi) is 5.37. The smallest absolute Gasteiger partial charge is 0.194 e. The van der Waals surface area contributed by atoms with Crippen molar-refractivity contribution >= 4 is 5.96 Å². The van der Waals surface area contributed by atoms with Gasteiger partial charge < -0.3 is 20.1 Å². The molecule has 7 heteroatoms. The van der Waals surface area contributed by atoms with Crippen LogP contribution in [0.1, 0.15) is 36.1 Å². The van der Waals surface area contributed by atoms with Gasteiger partial charge in [-0.05, 0) is 30.9 Å². The Bertz CT molecular complexity index is 849. The van der Waals surface area contributed by atoms with Crippen molar-refractivity contribution in [1.29, 1.82) is 0 Å². The fraction of sp³-hybridized carbons (Fsp3) is 0.524. The predicted octanol–water partition coefficient (Wildman–Crippen LogP) is 1.59. The maximum atomic E-state index is 11.2. The van der Waals surface area contributed by atoms with Gasteiger partial charge in [-0.15, -0.1) is 0 Å². The fourth-order valence-corrected chi connectivity index (χ4v) is 4.11. The molecular weight excluding hydrogens is 354 g/mol. The van der Waals surface area contributed by atoms with Crippen LogP contribution in [0, 0.1) is 0 Å². The second-order valence-electron chi connectivity index (χ2n) is 7.61. The van der Waals surface area contributed by atoms with Crippen molar-refractivity contribution in [3.05, 3.63) is 53.3 Å². The highest BCUT2D eigenvalue weighted by atomic mass is 16.5. The third-order valence-corrected chi connectivity index (χ3v) is 5.61. The van der Waals surface area contributed by atoms with Gasteiger partial charge >= 0.3 is 0 Å². The van der Waals surface area contributed by atoms with E-state index in [1.165, 1.54) is 5.56 Å². The minimum Gasteiger partial charge on any atom is -0.383 e. The number of hydrogen-bond acceptors (Lipinski definition) is 4. The molecule has 4 rings (SSSR count). The molecule has 2 heterocycles. The zero-order valence-corrected chi connectivity index (χ0v) is 16.6. The molecule has 0 amide bonds. The molecule has 1 aliphatic carbocycles. The van der Waals surface area contributed by atoms with Gasteiger partial charge in [-0.3, -0.25) is 4.68 Å². The van der Waals surface area contributed by atoms with Gasteiger partial charge in [0, 0.05) is 31.9 Å². The van der Waals surface area contributed by atoms with E-state index in [1.807, 2.05) is 37.6 Å². The zero-order chi connectivity index (χ0) is 19.6. The van der Waals surface area contributed by atoms with Crippen LogP contribution in [-0.4, -0.2) is 58.5 Å². The summed E-state index contributed by atoms with van der Waals surface area (Å²) in [7, 11) is 1.91. The van der Waals surface area contributed by atoms with Crippen molar-refractivity contribution in [1.82, 2.24) is 20.0 Å². The first kappa shape index (κ1) is 19.0. The van der Waals surface area contributed by atoms with E-state index in [9.17, 15) is 5.11 Å². The molecule has 1 aromatic heterocycles. The van der Waals surface area contributed by atoms with Gasteiger partial charge in [0.2, 0.25) is 0 Å². The monoisotopic (exact) mass is 383 g/mol. The van der Waals surface area contributed by atoms with Crippen LogP contribution in [0.3, 0.4) is 0 Å². The van der Waals surface area contributed by atoms with Gasteiger partial charge in [0.25, 0.3) is 0 Å². The summed E-state index contributed by atoms with van der Waals surface area (Å²) < 4.78 is 7.75. The molecule has 1 fully saturated rings. The number of aryl methyl sites for hydroxylation is 2.